The summed E-state index contributed by atoms with van der Waals surface area (Å²) in [6, 6.07) is 1.90. The van der Waals surface area contributed by atoms with Crippen LogP contribution < -0.4 is 5.32 Å². The van der Waals surface area contributed by atoms with Crippen LogP contribution >= 0.6 is 0 Å². The Hall–Kier alpha value is -2.35. The molecule has 2 aliphatic heterocycles. The van der Waals surface area contributed by atoms with Crippen molar-refractivity contribution in [2.45, 2.75) is 44.2 Å². The van der Waals surface area contributed by atoms with Crippen LogP contribution in [0.4, 0.5) is 10.6 Å². The number of carbonyl (C=O) groups excluding carboxylic acids is 1. The first kappa shape index (κ1) is 16.1. The summed E-state index contributed by atoms with van der Waals surface area (Å²) in [5.74, 6) is 0.701. The van der Waals surface area contributed by atoms with Crippen LogP contribution in [0.1, 0.15) is 55.5 Å². The standard InChI is InChI=1S/C17H24N6O2/c1-22-16(9-13(21-22)15-6-4-8-25-15)20-17(24)23-7-3-2-5-14(23)12-10-18-19-11-12/h9-11,14-15H,2-8H2,1H3,(H,18,19)(H,20,24). The van der Waals surface area contributed by atoms with Gasteiger partial charge in [-0.2, -0.15) is 10.2 Å². The minimum Gasteiger partial charge on any atom is -0.372 e. The molecule has 2 amide bonds. The van der Waals surface area contributed by atoms with Gasteiger partial charge in [-0.25, -0.2) is 4.79 Å². The minimum atomic E-state index is -0.0900. The van der Waals surface area contributed by atoms with Crippen LogP contribution in [0.15, 0.2) is 18.5 Å². The van der Waals surface area contributed by atoms with E-state index in [0.717, 1.165) is 56.5 Å². The number of amides is 2. The first-order chi connectivity index (χ1) is 12.2. The van der Waals surface area contributed by atoms with Gasteiger partial charge in [0.2, 0.25) is 0 Å². The van der Waals surface area contributed by atoms with Crippen LogP contribution in [-0.4, -0.2) is 44.1 Å². The number of rotatable bonds is 3. The molecule has 2 atom stereocenters. The van der Waals surface area contributed by atoms with Gasteiger partial charge in [0.05, 0.1) is 17.9 Å². The molecule has 2 aromatic heterocycles. The number of anilines is 1. The Morgan fingerprint density at radius 3 is 3.04 bits per heavy atom. The molecule has 0 aromatic carbocycles. The van der Waals surface area contributed by atoms with Gasteiger partial charge in [-0.05, 0) is 32.1 Å². The van der Waals surface area contributed by atoms with Gasteiger partial charge in [-0.15, -0.1) is 0 Å². The quantitative estimate of drug-likeness (QED) is 0.896. The topological polar surface area (TPSA) is 88.1 Å². The van der Waals surface area contributed by atoms with Gasteiger partial charge in [0, 0.05) is 38.0 Å². The highest BCUT2D eigenvalue weighted by Crippen LogP contribution is 2.32. The van der Waals surface area contributed by atoms with Crippen molar-refractivity contribution < 1.29 is 9.53 Å². The van der Waals surface area contributed by atoms with Gasteiger partial charge in [-0.1, -0.05) is 0 Å². The Morgan fingerprint density at radius 2 is 2.28 bits per heavy atom. The van der Waals surface area contributed by atoms with Gasteiger partial charge in [0.1, 0.15) is 11.9 Å². The number of aromatic amines is 1. The molecule has 0 saturated carbocycles. The van der Waals surface area contributed by atoms with Crippen LogP contribution in [0.5, 0.6) is 0 Å². The average Bonchev–Trinajstić information content (AvgIpc) is 3.37. The molecule has 134 valence electrons. The van der Waals surface area contributed by atoms with E-state index in [-0.39, 0.29) is 18.2 Å². The molecule has 25 heavy (non-hydrogen) atoms. The third-order valence-electron chi connectivity index (χ3n) is 5.06. The summed E-state index contributed by atoms with van der Waals surface area (Å²) in [7, 11) is 1.85. The van der Waals surface area contributed by atoms with E-state index >= 15 is 0 Å². The fourth-order valence-corrected chi connectivity index (χ4v) is 3.72. The molecule has 0 spiro atoms. The number of nitrogens with one attached hydrogen (secondary N) is 2. The molecule has 2 aromatic rings. The highest BCUT2D eigenvalue weighted by molar-refractivity contribution is 5.88. The summed E-state index contributed by atoms with van der Waals surface area (Å²) < 4.78 is 7.40. The smallest absolute Gasteiger partial charge is 0.323 e. The van der Waals surface area contributed by atoms with Crippen molar-refractivity contribution in [1.29, 1.82) is 0 Å². The Morgan fingerprint density at radius 1 is 1.36 bits per heavy atom. The van der Waals surface area contributed by atoms with Crippen LogP contribution in [-0.2, 0) is 11.8 Å². The number of ether oxygens (including phenoxy) is 1. The predicted octanol–water partition coefficient (Wildman–Crippen LogP) is 2.75. The molecule has 2 N–H and O–H groups in total. The molecule has 2 aliphatic rings. The number of carbonyl (C=O) groups is 1. The van der Waals surface area contributed by atoms with Crippen LogP contribution in [0.25, 0.3) is 0 Å². The highest BCUT2D eigenvalue weighted by Gasteiger charge is 2.29. The van der Waals surface area contributed by atoms with Gasteiger partial charge in [0.25, 0.3) is 0 Å². The number of urea groups is 1. The first-order valence-corrected chi connectivity index (χ1v) is 8.94. The number of likely N-dealkylation sites (tertiary alicyclic amines) is 1. The van der Waals surface area contributed by atoms with Crippen molar-refractivity contribution in [3.63, 3.8) is 0 Å². The lowest BCUT2D eigenvalue weighted by atomic mass is 9.98. The van der Waals surface area contributed by atoms with Crippen LogP contribution in [0, 0.1) is 0 Å². The van der Waals surface area contributed by atoms with Crippen molar-refractivity contribution in [2.75, 3.05) is 18.5 Å². The van der Waals surface area contributed by atoms with Crippen molar-refractivity contribution in [1.82, 2.24) is 24.9 Å². The summed E-state index contributed by atoms with van der Waals surface area (Å²) in [6.45, 7) is 1.53. The Labute approximate surface area is 146 Å². The van der Waals surface area contributed by atoms with E-state index < -0.39 is 0 Å². The molecular formula is C17H24N6O2. The van der Waals surface area contributed by atoms with E-state index in [1.807, 2.05) is 24.2 Å². The van der Waals surface area contributed by atoms with Crippen LogP contribution in [0.3, 0.4) is 0 Å². The fraction of sp³-hybridized carbons (Fsp3) is 0.588. The van der Waals surface area contributed by atoms with E-state index in [1.165, 1.54) is 0 Å². The van der Waals surface area contributed by atoms with Crippen molar-refractivity contribution in [2.24, 2.45) is 7.05 Å². The number of hydrogen-bond donors (Lipinski definition) is 2. The predicted molar refractivity (Wildman–Crippen MR) is 92.0 cm³/mol. The van der Waals surface area contributed by atoms with E-state index in [1.54, 1.807) is 10.9 Å². The number of hydrogen-bond acceptors (Lipinski definition) is 4. The molecule has 2 unspecified atom stereocenters. The number of aryl methyl sites for hydroxylation is 1. The summed E-state index contributed by atoms with van der Waals surface area (Å²) in [5, 5.41) is 14.4. The van der Waals surface area contributed by atoms with E-state index in [9.17, 15) is 4.79 Å². The van der Waals surface area contributed by atoms with Gasteiger partial charge in [-0.3, -0.25) is 15.1 Å². The maximum Gasteiger partial charge on any atom is 0.323 e. The minimum absolute atomic E-state index is 0.0468. The molecule has 0 aliphatic carbocycles. The highest BCUT2D eigenvalue weighted by atomic mass is 16.5. The van der Waals surface area contributed by atoms with Crippen molar-refractivity contribution in [3.05, 3.63) is 29.7 Å². The molecule has 2 saturated heterocycles. The largest absolute Gasteiger partial charge is 0.372 e. The maximum atomic E-state index is 12.9. The fourth-order valence-electron chi connectivity index (χ4n) is 3.72. The molecule has 8 nitrogen and oxygen atoms in total. The zero-order valence-electron chi connectivity index (χ0n) is 14.4. The summed E-state index contributed by atoms with van der Waals surface area (Å²) in [5.41, 5.74) is 1.94. The van der Waals surface area contributed by atoms with Gasteiger partial charge >= 0.3 is 6.03 Å². The lowest BCUT2D eigenvalue weighted by Crippen LogP contribution is -2.41. The van der Waals surface area contributed by atoms with E-state index in [4.69, 9.17) is 4.74 Å². The lowest BCUT2D eigenvalue weighted by Gasteiger charge is -2.35. The second-order valence-corrected chi connectivity index (χ2v) is 6.75. The molecule has 8 heteroatoms. The third-order valence-corrected chi connectivity index (χ3v) is 5.06. The second-order valence-electron chi connectivity index (χ2n) is 6.75. The monoisotopic (exact) mass is 344 g/mol. The first-order valence-electron chi connectivity index (χ1n) is 8.94. The second kappa shape index (κ2) is 6.87. The van der Waals surface area contributed by atoms with Crippen molar-refractivity contribution >= 4 is 11.8 Å². The zero-order chi connectivity index (χ0) is 17.2. The molecule has 4 heterocycles. The summed E-state index contributed by atoms with van der Waals surface area (Å²) in [4.78, 5) is 14.8. The molecule has 0 radical (unpaired) electrons. The van der Waals surface area contributed by atoms with Crippen LogP contribution in [0.2, 0.25) is 0 Å². The summed E-state index contributed by atoms with van der Waals surface area (Å²) in [6.07, 6.45) is 8.86. The number of aromatic nitrogens is 4. The Bertz CT molecular complexity index is 720. The lowest BCUT2D eigenvalue weighted by molar-refractivity contribution is 0.108. The number of H-pyrrole nitrogens is 1. The van der Waals surface area contributed by atoms with Gasteiger partial charge in [0.15, 0.2) is 0 Å². The average molecular weight is 344 g/mol. The molecule has 0 bridgehead atoms. The number of nitrogens with zero attached hydrogens (tertiary/aromatic N) is 4. The van der Waals surface area contributed by atoms with E-state index in [2.05, 4.69) is 20.6 Å². The Balaban J connectivity index is 1.49. The summed E-state index contributed by atoms with van der Waals surface area (Å²) >= 11 is 0. The van der Waals surface area contributed by atoms with E-state index in [0.29, 0.717) is 5.82 Å². The maximum absolute atomic E-state index is 12.9. The SMILES string of the molecule is Cn1nc(C2CCCO2)cc1NC(=O)N1CCCCC1c1cn[nH]c1. The number of piperidine rings is 1. The molecular weight excluding hydrogens is 320 g/mol. The normalized spacial score (nSPS) is 23.8. The van der Waals surface area contributed by atoms with Crippen molar-refractivity contribution in [3.8, 4) is 0 Å². The Kier molecular flexibility index (Phi) is 4.44. The third kappa shape index (κ3) is 3.26. The molecule has 4 rings (SSSR count). The zero-order valence-corrected chi connectivity index (χ0v) is 14.4. The molecule has 2 fully saturated rings. The van der Waals surface area contributed by atoms with Gasteiger partial charge < -0.3 is 9.64 Å².